The molecule has 0 amide bonds. The Kier molecular flexibility index (Phi) is 4.13. The third-order valence-corrected chi connectivity index (χ3v) is 14.1. The van der Waals surface area contributed by atoms with Crippen molar-refractivity contribution in [2.24, 2.45) is 0 Å². The molecular weight excluding hydrogens is 632 g/mol. The summed E-state index contributed by atoms with van der Waals surface area (Å²) in [5, 5.41) is 2.72. The van der Waals surface area contributed by atoms with Gasteiger partial charge in [-0.25, -0.2) is 0 Å². The minimum Gasteiger partial charge on any atom is -0.311 e. The lowest BCUT2D eigenvalue weighted by Crippen LogP contribution is -2.67. The van der Waals surface area contributed by atoms with E-state index in [0.717, 1.165) is 0 Å². The van der Waals surface area contributed by atoms with E-state index in [1.807, 2.05) is 23.5 Å². The van der Waals surface area contributed by atoms with Gasteiger partial charge in [-0.15, -0.1) is 0 Å². The molecule has 0 aliphatic carbocycles. The Balaban J connectivity index is 1.25. The molecule has 0 bridgehead atoms. The molecule has 7 heteroatoms. The lowest BCUT2D eigenvalue weighted by atomic mass is 9.29. The predicted molar refractivity (Wildman–Crippen MR) is 208 cm³/mol. The summed E-state index contributed by atoms with van der Waals surface area (Å²) >= 11 is 3.83. The third kappa shape index (κ3) is 2.62. The number of hydrogen-bond acceptors (Lipinski definition) is 4. The maximum absolute atomic E-state index is 2.69. The van der Waals surface area contributed by atoms with Gasteiger partial charge in [0.15, 0.2) is 0 Å². The van der Waals surface area contributed by atoms with Crippen molar-refractivity contribution in [1.29, 1.82) is 0 Å². The Morgan fingerprint density at radius 1 is 0.388 bits per heavy atom. The van der Waals surface area contributed by atoms with Crippen molar-refractivity contribution in [2.45, 2.75) is 19.6 Å². The van der Waals surface area contributed by atoms with Gasteiger partial charge in [-0.1, -0.05) is 108 Å². The molecule has 0 fully saturated rings. The first-order valence-electron chi connectivity index (χ1n) is 17.0. The quantitative estimate of drug-likeness (QED) is 0.164. The SMILES string of the molecule is c1ccc2c(c1)Sc1cccc3c1N2c1cc2c4c5c1B3c1cccc3c6cccc(c6n-5c13)B4c1cccc3c1N2c1ccccc1S3. The molecule has 1 aromatic heterocycles. The van der Waals surface area contributed by atoms with Gasteiger partial charge in [-0.3, -0.25) is 0 Å². The number of anilines is 6. The fourth-order valence-electron chi connectivity index (χ4n) is 10.3. The number of hydrogen-bond donors (Lipinski definition) is 0. The highest BCUT2D eigenvalue weighted by atomic mass is 32.2. The molecule has 0 spiro atoms. The summed E-state index contributed by atoms with van der Waals surface area (Å²) in [6.45, 7) is 0.291. The average Bonchev–Trinajstić information content (AvgIpc) is 3.49. The number of aromatic nitrogens is 1. The maximum atomic E-state index is 2.69. The third-order valence-electron chi connectivity index (χ3n) is 11.9. The standard InChI is InChI=1S/C42H21B2N3S2/c1-3-17-32-28(15-1)45-30-21-31-37-42-36(30)43(26-13-7-19-34(48-32)40(26)45)24-11-5-9-22-23-10-6-12-25(39(23)47(42)38(22)24)44(37)27-14-8-20-35-41(27)46(31)29-16-2-4-18-33(29)49-35/h1-21H. The highest BCUT2D eigenvalue weighted by Crippen LogP contribution is 2.56. The molecule has 222 valence electrons. The molecule has 6 aliphatic heterocycles. The van der Waals surface area contributed by atoms with Crippen LogP contribution < -0.4 is 42.6 Å². The van der Waals surface area contributed by atoms with Gasteiger partial charge in [0.05, 0.1) is 22.7 Å². The molecule has 0 saturated heterocycles. The normalized spacial score (nSPS) is 15.4. The topological polar surface area (TPSA) is 11.4 Å². The monoisotopic (exact) mass is 653 g/mol. The largest absolute Gasteiger partial charge is 0.311 e. The molecule has 6 aliphatic rings. The van der Waals surface area contributed by atoms with E-state index in [1.165, 1.54) is 114 Å². The van der Waals surface area contributed by atoms with E-state index >= 15 is 0 Å². The van der Waals surface area contributed by atoms with Crippen molar-refractivity contribution < 1.29 is 0 Å². The lowest BCUT2D eigenvalue weighted by molar-refractivity contribution is 1.13. The van der Waals surface area contributed by atoms with Crippen molar-refractivity contribution in [2.75, 3.05) is 9.80 Å². The van der Waals surface area contributed by atoms with Crippen LogP contribution in [0.4, 0.5) is 34.1 Å². The Hall–Kier alpha value is -5.23. The van der Waals surface area contributed by atoms with Gasteiger partial charge in [0, 0.05) is 58.4 Å². The fraction of sp³-hybridized carbons (Fsp3) is 0. The summed E-state index contributed by atoms with van der Waals surface area (Å²) in [4.78, 5) is 10.5. The molecule has 0 N–H and O–H groups in total. The van der Waals surface area contributed by atoms with Gasteiger partial charge in [0.25, 0.3) is 13.4 Å². The van der Waals surface area contributed by atoms with Crippen molar-refractivity contribution in [3.8, 4) is 5.69 Å². The number of fused-ring (bicyclic) bond motifs is 11. The smallest absolute Gasteiger partial charge is 0.252 e. The zero-order valence-electron chi connectivity index (χ0n) is 25.9. The van der Waals surface area contributed by atoms with Gasteiger partial charge in [-0.05, 0) is 75.2 Å². The van der Waals surface area contributed by atoms with Crippen LogP contribution >= 0.6 is 23.5 Å². The fourth-order valence-corrected chi connectivity index (χ4v) is 12.5. The molecule has 3 nitrogen and oxygen atoms in total. The van der Waals surface area contributed by atoms with E-state index in [2.05, 4.69) is 142 Å². The van der Waals surface area contributed by atoms with Gasteiger partial charge < -0.3 is 14.4 Å². The Bertz CT molecular complexity index is 2760. The molecule has 14 rings (SSSR count). The van der Waals surface area contributed by atoms with E-state index in [9.17, 15) is 0 Å². The van der Waals surface area contributed by atoms with Crippen LogP contribution in [0.25, 0.3) is 27.5 Å². The highest BCUT2D eigenvalue weighted by Gasteiger charge is 2.51. The molecular formula is C42H21B2N3S2. The van der Waals surface area contributed by atoms with Crippen molar-refractivity contribution in [3.05, 3.63) is 127 Å². The second-order valence-corrected chi connectivity index (χ2v) is 16.1. The van der Waals surface area contributed by atoms with E-state index in [4.69, 9.17) is 0 Å². The van der Waals surface area contributed by atoms with Crippen LogP contribution in [-0.4, -0.2) is 18.0 Å². The van der Waals surface area contributed by atoms with Gasteiger partial charge in [-0.2, -0.15) is 0 Å². The Morgan fingerprint density at radius 2 is 0.837 bits per heavy atom. The zero-order valence-corrected chi connectivity index (χ0v) is 27.6. The number of benzene rings is 7. The highest BCUT2D eigenvalue weighted by molar-refractivity contribution is 8.00. The molecule has 0 unspecified atom stereocenters. The lowest BCUT2D eigenvalue weighted by Gasteiger charge is -2.48. The molecule has 8 aromatic rings. The van der Waals surface area contributed by atoms with E-state index in [0.29, 0.717) is 0 Å². The summed E-state index contributed by atoms with van der Waals surface area (Å²) in [6, 6.07) is 48.7. The molecule has 0 saturated carbocycles. The van der Waals surface area contributed by atoms with Gasteiger partial charge >= 0.3 is 0 Å². The van der Waals surface area contributed by atoms with Gasteiger partial charge in [0.2, 0.25) is 0 Å². The number of para-hydroxylation sites is 6. The van der Waals surface area contributed by atoms with Crippen LogP contribution in [-0.2, 0) is 0 Å². The first-order chi connectivity index (χ1) is 24.3. The number of rotatable bonds is 0. The van der Waals surface area contributed by atoms with Crippen molar-refractivity contribution >= 4 is 126 Å². The van der Waals surface area contributed by atoms with Crippen molar-refractivity contribution in [1.82, 2.24) is 4.57 Å². The van der Waals surface area contributed by atoms with E-state index in [1.54, 1.807) is 0 Å². The molecule has 49 heavy (non-hydrogen) atoms. The molecule has 0 radical (unpaired) electrons. The van der Waals surface area contributed by atoms with Gasteiger partial charge in [0.1, 0.15) is 0 Å². The summed E-state index contributed by atoms with van der Waals surface area (Å²) in [5.74, 6) is 0. The minimum absolute atomic E-state index is 0.145. The zero-order chi connectivity index (χ0) is 31.3. The Labute approximate surface area is 291 Å². The predicted octanol–water partition coefficient (Wildman–Crippen LogP) is 6.94. The first-order valence-corrected chi connectivity index (χ1v) is 18.7. The van der Waals surface area contributed by atoms with Crippen LogP contribution in [0.15, 0.2) is 147 Å². The first kappa shape index (κ1) is 24.8. The number of nitrogens with zero attached hydrogens (tertiary/aromatic N) is 3. The van der Waals surface area contributed by atoms with E-state index < -0.39 is 0 Å². The second kappa shape index (κ2) is 8.14. The summed E-state index contributed by atoms with van der Waals surface area (Å²) in [5.41, 5.74) is 20.6. The minimum atomic E-state index is 0.145. The summed E-state index contributed by atoms with van der Waals surface area (Å²) in [7, 11) is 0. The average molecular weight is 653 g/mol. The molecule has 0 atom stereocenters. The second-order valence-electron chi connectivity index (χ2n) is 14.0. The Morgan fingerprint density at radius 3 is 1.37 bits per heavy atom. The maximum Gasteiger partial charge on any atom is 0.252 e. The van der Waals surface area contributed by atoms with Crippen LogP contribution in [0, 0.1) is 0 Å². The van der Waals surface area contributed by atoms with Crippen LogP contribution in [0.2, 0.25) is 0 Å². The van der Waals surface area contributed by atoms with Crippen LogP contribution in [0.1, 0.15) is 0 Å². The molecule has 7 heterocycles. The summed E-state index contributed by atoms with van der Waals surface area (Å²) in [6.07, 6.45) is 0. The van der Waals surface area contributed by atoms with E-state index in [-0.39, 0.29) is 13.4 Å². The van der Waals surface area contributed by atoms with Crippen LogP contribution in [0.5, 0.6) is 0 Å². The molecule has 7 aromatic carbocycles. The summed E-state index contributed by atoms with van der Waals surface area (Å²) < 4.78 is 2.69. The van der Waals surface area contributed by atoms with Crippen LogP contribution in [0.3, 0.4) is 0 Å². The van der Waals surface area contributed by atoms with Crippen molar-refractivity contribution in [3.63, 3.8) is 0 Å².